The van der Waals surface area contributed by atoms with Gasteiger partial charge >= 0.3 is 0 Å². The molecule has 0 spiro atoms. The predicted molar refractivity (Wildman–Crippen MR) is 96.1 cm³/mol. The first-order valence-electron chi connectivity index (χ1n) is 9.34. The number of fused-ring (bicyclic) bond motifs is 1. The molecule has 1 heterocycles. The molecule has 2 aromatic rings. The van der Waals surface area contributed by atoms with E-state index < -0.39 is 5.41 Å². The molecular formula is C21H25FN2O2. The molecule has 1 aromatic carbocycles. The van der Waals surface area contributed by atoms with Gasteiger partial charge in [-0.2, -0.15) is 0 Å². The van der Waals surface area contributed by atoms with Gasteiger partial charge in [-0.25, -0.2) is 4.39 Å². The smallest absolute Gasteiger partial charge is 0.234 e. The maximum Gasteiger partial charge on any atom is 0.234 e. The first kappa shape index (κ1) is 17.3. The summed E-state index contributed by atoms with van der Waals surface area (Å²) >= 11 is 0. The second kappa shape index (κ2) is 5.93. The van der Waals surface area contributed by atoms with Gasteiger partial charge in [0.05, 0.1) is 12.0 Å². The van der Waals surface area contributed by atoms with Crippen LogP contribution in [0.15, 0.2) is 28.8 Å². The van der Waals surface area contributed by atoms with Gasteiger partial charge in [-0.05, 0) is 37.2 Å². The van der Waals surface area contributed by atoms with E-state index in [1.807, 2.05) is 13.8 Å². The highest BCUT2D eigenvalue weighted by Crippen LogP contribution is 2.65. The predicted octanol–water partition coefficient (Wildman–Crippen LogP) is 4.02. The van der Waals surface area contributed by atoms with Crippen molar-refractivity contribution in [3.05, 3.63) is 52.7 Å². The highest BCUT2D eigenvalue weighted by molar-refractivity contribution is 5.93. The number of benzene rings is 1. The number of rotatable bonds is 4. The summed E-state index contributed by atoms with van der Waals surface area (Å²) in [6.07, 6.45) is 4.79. The summed E-state index contributed by atoms with van der Waals surface area (Å²) in [5.74, 6) is 0.612. The summed E-state index contributed by atoms with van der Waals surface area (Å²) in [7, 11) is 1.78. The van der Waals surface area contributed by atoms with Gasteiger partial charge in [0.1, 0.15) is 17.3 Å². The molecule has 26 heavy (non-hydrogen) atoms. The maximum atomic E-state index is 14.5. The lowest BCUT2D eigenvalue weighted by Gasteiger charge is -2.27. The van der Waals surface area contributed by atoms with Gasteiger partial charge < -0.3 is 9.42 Å². The highest BCUT2D eigenvalue weighted by atomic mass is 19.1. The van der Waals surface area contributed by atoms with Gasteiger partial charge in [0.15, 0.2) is 0 Å². The topological polar surface area (TPSA) is 46.3 Å². The van der Waals surface area contributed by atoms with E-state index in [1.165, 1.54) is 6.07 Å². The molecule has 5 heteroatoms. The molecule has 4 nitrogen and oxygen atoms in total. The van der Waals surface area contributed by atoms with Crippen LogP contribution in [0, 0.1) is 11.2 Å². The van der Waals surface area contributed by atoms with Gasteiger partial charge in [-0.15, -0.1) is 0 Å². The Kier molecular flexibility index (Phi) is 3.94. The van der Waals surface area contributed by atoms with Gasteiger partial charge in [0, 0.05) is 24.6 Å². The first-order chi connectivity index (χ1) is 12.4. The Morgan fingerprint density at radius 3 is 2.65 bits per heavy atom. The number of hydrogen-bond donors (Lipinski definition) is 0. The van der Waals surface area contributed by atoms with E-state index in [0.29, 0.717) is 18.5 Å². The number of aryl methyl sites for hydroxylation is 1. The third-order valence-electron chi connectivity index (χ3n) is 6.20. The van der Waals surface area contributed by atoms with Crippen LogP contribution in [0.4, 0.5) is 4.39 Å². The van der Waals surface area contributed by atoms with Crippen molar-refractivity contribution < 1.29 is 13.7 Å². The molecule has 1 unspecified atom stereocenters. The normalized spacial score (nSPS) is 23.4. The fraction of sp³-hybridized carbons (Fsp3) is 0.524. The van der Waals surface area contributed by atoms with Crippen molar-refractivity contribution >= 4 is 5.91 Å². The summed E-state index contributed by atoms with van der Waals surface area (Å²) in [5.41, 5.74) is 1.45. The third-order valence-corrected chi connectivity index (χ3v) is 6.20. The molecule has 1 amide bonds. The molecule has 2 aliphatic carbocycles. The van der Waals surface area contributed by atoms with E-state index in [2.05, 4.69) is 5.16 Å². The van der Waals surface area contributed by atoms with Crippen molar-refractivity contribution in [2.45, 2.75) is 57.9 Å². The number of halogens is 1. The summed E-state index contributed by atoms with van der Waals surface area (Å²) in [6.45, 7) is 4.47. The molecule has 1 fully saturated rings. The van der Waals surface area contributed by atoms with E-state index in [1.54, 1.807) is 30.1 Å². The number of carbonyl (C=O) groups is 1. The zero-order valence-electron chi connectivity index (χ0n) is 15.6. The van der Waals surface area contributed by atoms with Crippen LogP contribution >= 0.6 is 0 Å². The summed E-state index contributed by atoms with van der Waals surface area (Å²) < 4.78 is 20.0. The quantitative estimate of drug-likeness (QED) is 0.831. The molecule has 4 rings (SSSR count). The lowest BCUT2D eigenvalue weighted by molar-refractivity contribution is -0.134. The molecule has 2 aliphatic rings. The van der Waals surface area contributed by atoms with E-state index in [0.717, 1.165) is 42.7 Å². The Morgan fingerprint density at radius 2 is 1.96 bits per heavy atom. The third kappa shape index (κ3) is 2.48. The van der Waals surface area contributed by atoms with Crippen LogP contribution < -0.4 is 0 Å². The molecular weight excluding hydrogens is 331 g/mol. The number of aromatic nitrogens is 1. The number of amides is 1. The summed E-state index contributed by atoms with van der Waals surface area (Å²) in [6, 6.07) is 6.65. The van der Waals surface area contributed by atoms with Crippen LogP contribution in [0.3, 0.4) is 0 Å². The molecule has 1 atom stereocenters. The zero-order valence-corrected chi connectivity index (χ0v) is 15.6. The Bertz CT molecular complexity index is 857. The standard InChI is InChI=1S/C21H25FN2O2/c1-20(2)13-21(20,15-9-5-6-10-16(15)22)19(25)24(3)12-17-14-8-4-7-11-18(14)26-23-17/h5-6,9-10H,4,7-8,11-13H2,1-3H3. The second-order valence-electron chi connectivity index (χ2n) is 8.35. The SMILES string of the molecule is CN(Cc1noc2c1CCCC2)C(=O)C1(c2ccccc2F)CC1(C)C. The monoisotopic (exact) mass is 356 g/mol. The Hall–Kier alpha value is -2.17. The van der Waals surface area contributed by atoms with Crippen molar-refractivity contribution in [2.75, 3.05) is 7.05 Å². The van der Waals surface area contributed by atoms with Crippen molar-refractivity contribution in [2.24, 2.45) is 5.41 Å². The number of likely N-dealkylation sites (N-methyl/N-ethyl adjacent to an activating group) is 1. The fourth-order valence-corrected chi connectivity index (χ4v) is 4.56. The molecule has 0 aliphatic heterocycles. The second-order valence-corrected chi connectivity index (χ2v) is 8.35. The molecule has 138 valence electrons. The molecule has 1 saturated carbocycles. The molecule has 0 N–H and O–H groups in total. The van der Waals surface area contributed by atoms with Gasteiger partial charge in [0.25, 0.3) is 0 Å². The van der Waals surface area contributed by atoms with Crippen molar-refractivity contribution in [3.8, 4) is 0 Å². The number of hydrogen-bond acceptors (Lipinski definition) is 3. The van der Waals surface area contributed by atoms with E-state index in [4.69, 9.17) is 4.52 Å². The number of carbonyl (C=O) groups excluding carboxylic acids is 1. The largest absolute Gasteiger partial charge is 0.361 e. The first-order valence-corrected chi connectivity index (χ1v) is 9.34. The molecule has 0 saturated heterocycles. The van der Waals surface area contributed by atoms with Gasteiger partial charge in [-0.1, -0.05) is 37.2 Å². The van der Waals surface area contributed by atoms with E-state index in [9.17, 15) is 9.18 Å². The minimum Gasteiger partial charge on any atom is -0.361 e. The highest BCUT2D eigenvalue weighted by Gasteiger charge is 2.68. The average molecular weight is 356 g/mol. The van der Waals surface area contributed by atoms with Crippen LogP contribution in [0.5, 0.6) is 0 Å². The van der Waals surface area contributed by atoms with E-state index >= 15 is 0 Å². The Labute approximate surface area is 153 Å². The van der Waals surface area contributed by atoms with Crippen LogP contribution in [0.2, 0.25) is 0 Å². The van der Waals surface area contributed by atoms with Crippen LogP contribution in [-0.4, -0.2) is 23.0 Å². The fourth-order valence-electron chi connectivity index (χ4n) is 4.56. The number of nitrogens with zero attached hydrogens (tertiary/aromatic N) is 2. The lowest BCUT2D eigenvalue weighted by atomic mass is 9.86. The summed E-state index contributed by atoms with van der Waals surface area (Å²) in [5, 5.41) is 4.21. The van der Waals surface area contributed by atoms with E-state index in [-0.39, 0.29) is 17.1 Å². The Balaban J connectivity index is 1.62. The van der Waals surface area contributed by atoms with Crippen LogP contribution in [0.1, 0.15) is 55.7 Å². The van der Waals surface area contributed by atoms with Crippen LogP contribution in [-0.2, 0) is 29.6 Å². The molecule has 0 bridgehead atoms. The Morgan fingerprint density at radius 1 is 1.27 bits per heavy atom. The van der Waals surface area contributed by atoms with Crippen molar-refractivity contribution in [3.63, 3.8) is 0 Å². The average Bonchev–Trinajstić information content (AvgIpc) is 2.99. The van der Waals surface area contributed by atoms with Gasteiger partial charge in [0.2, 0.25) is 5.91 Å². The van der Waals surface area contributed by atoms with Gasteiger partial charge in [-0.3, -0.25) is 4.79 Å². The lowest BCUT2D eigenvalue weighted by Crippen LogP contribution is -2.39. The van der Waals surface area contributed by atoms with Crippen LogP contribution in [0.25, 0.3) is 0 Å². The zero-order chi connectivity index (χ0) is 18.5. The van der Waals surface area contributed by atoms with Crippen molar-refractivity contribution in [1.29, 1.82) is 0 Å². The molecule has 0 radical (unpaired) electrons. The maximum absolute atomic E-state index is 14.5. The minimum atomic E-state index is -0.795. The molecule has 1 aromatic heterocycles. The summed E-state index contributed by atoms with van der Waals surface area (Å²) in [4.78, 5) is 15.1. The minimum absolute atomic E-state index is 0.0415. The van der Waals surface area contributed by atoms with Crippen molar-refractivity contribution in [1.82, 2.24) is 10.1 Å².